The van der Waals surface area contributed by atoms with E-state index in [-0.39, 0.29) is 11.8 Å². The van der Waals surface area contributed by atoms with E-state index >= 15 is 0 Å². The summed E-state index contributed by atoms with van der Waals surface area (Å²) in [5, 5.41) is 11.0. The Morgan fingerprint density at radius 3 is 2.84 bits per heavy atom. The van der Waals surface area contributed by atoms with E-state index < -0.39 is 0 Å². The number of imidazole rings is 1. The Bertz CT molecular complexity index is 876. The van der Waals surface area contributed by atoms with Gasteiger partial charge in [0.25, 0.3) is 0 Å². The van der Waals surface area contributed by atoms with Crippen molar-refractivity contribution in [2.45, 2.75) is 19.4 Å². The number of pyridine rings is 1. The first-order valence-corrected chi connectivity index (χ1v) is 8.50. The summed E-state index contributed by atoms with van der Waals surface area (Å²) in [5.41, 5.74) is 0.725. The van der Waals surface area contributed by atoms with Crippen LogP contribution in [-0.4, -0.2) is 48.0 Å². The van der Waals surface area contributed by atoms with Gasteiger partial charge in [-0.3, -0.25) is 19.4 Å². The second-order valence-electron chi connectivity index (χ2n) is 6.45. The van der Waals surface area contributed by atoms with Gasteiger partial charge in [0.1, 0.15) is 5.82 Å². The van der Waals surface area contributed by atoms with Gasteiger partial charge in [0.05, 0.1) is 6.54 Å². The van der Waals surface area contributed by atoms with E-state index in [9.17, 15) is 4.79 Å². The number of rotatable bonds is 4. The van der Waals surface area contributed by atoms with Crippen molar-refractivity contribution in [3.05, 3.63) is 42.6 Å². The number of nitrogens with one attached hydrogen (secondary N) is 1. The molecule has 0 aromatic carbocycles. The van der Waals surface area contributed by atoms with Crippen molar-refractivity contribution in [2.75, 3.05) is 18.4 Å². The largest absolute Gasteiger partial charge is 0.337 e. The Balaban J connectivity index is 1.34. The first-order chi connectivity index (χ1) is 12.2. The number of anilines is 1. The van der Waals surface area contributed by atoms with Crippen molar-refractivity contribution < 1.29 is 4.79 Å². The number of likely N-dealkylation sites (tertiary alicyclic amines) is 1. The molecule has 0 radical (unpaired) electrons. The molecule has 1 fully saturated rings. The fourth-order valence-corrected chi connectivity index (χ4v) is 3.24. The molecule has 1 saturated heterocycles. The van der Waals surface area contributed by atoms with Crippen LogP contribution in [-0.2, 0) is 18.4 Å². The highest BCUT2D eigenvalue weighted by molar-refractivity contribution is 5.91. The summed E-state index contributed by atoms with van der Waals surface area (Å²) in [5.74, 6) is 1.57. The Kier molecular flexibility index (Phi) is 4.19. The van der Waals surface area contributed by atoms with E-state index in [0.717, 1.165) is 43.9 Å². The van der Waals surface area contributed by atoms with Crippen molar-refractivity contribution in [3.8, 4) is 0 Å². The maximum Gasteiger partial charge on any atom is 0.235 e. The number of aromatic nitrogens is 5. The molecule has 0 bridgehead atoms. The number of nitrogens with zero attached hydrogens (tertiary/aromatic N) is 6. The van der Waals surface area contributed by atoms with E-state index in [0.29, 0.717) is 5.95 Å². The molecule has 130 valence electrons. The summed E-state index contributed by atoms with van der Waals surface area (Å²) in [4.78, 5) is 19.3. The number of amides is 1. The maximum atomic E-state index is 12.6. The van der Waals surface area contributed by atoms with Gasteiger partial charge in [-0.1, -0.05) is 6.07 Å². The van der Waals surface area contributed by atoms with Crippen LogP contribution in [0.1, 0.15) is 18.7 Å². The summed E-state index contributed by atoms with van der Waals surface area (Å²) in [6.07, 6.45) is 7.30. The number of carbonyl (C=O) groups is 1. The lowest BCUT2D eigenvalue weighted by molar-refractivity contribution is -0.121. The molecule has 8 heteroatoms. The van der Waals surface area contributed by atoms with Gasteiger partial charge in [-0.05, 0) is 38.1 Å². The minimum atomic E-state index is 0.00804. The lowest BCUT2D eigenvalue weighted by Gasteiger charge is -2.30. The van der Waals surface area contributed by atoms with Crippen molar-refractivity contribution in [1.82, 2.24) is 29.0 Å². The SMILES string of the molecule is Cn1ccnc1CN1CCC(C(=O)Nc2nnc3ccccn23)CC1. The number of hydrogen-bond donors (Lipinski definition) is 1. The number of piperidine rings is 1. The molecule has 0 atom stereocenters. The highest BCUT2D eigenvalue weighted by atomic mass is 16.2. The van der Waals surface area contributed by atoms with Gasteiger partial charge in [-0.25, -0.2) is 4.98 Å². The molecule has 3 aromatic heterocycles. The molecule has 4 rings (SSSR count). The van der Waals surface area contributed by atoms with Crippen LogP contribution in [0.4, 0.5) is 5.95 Å². The number of fused-ring (bicyclic) bond motifs is 1. The summed E-state index contributed by atoms with van der Waals surface area (Å²) in [7, 11) is 2.01. The predicted octanol–water partition coefficient (Wildman–Crippen LogP) is 1.31. The van der Waals surface area contributed by atoms with Crippen molar-refractivity contribution >= 4 is 17.5 Å². The number of hydrogen-bond acceptors (Lipinski definition) is 5. The number of carbonyl (C=O) groups excluding carboxylic acids is 1. The van der Waals surface area contributed by atoms with Gasteiger partial charge in [0, 0.05) is 31.6 Å². The second kappa shape index (κ2) is 6.64. The van der Waals surface area contributed by atoms with Crippen LogP contribution < -0.4 is 5.32 Å². The normalized spacial score (nSPS) is 16.4. The van der Waals surface area contributed by atoms with Crippen LogP contribution in [0, 0.1) is 5.92 Å². The van der Waals surface area contributed by atoms with Crippen LogP contribution in [0.25, 0.3) is 5.65 Å². The third kappa shape index (κ3) is 3.25. The van der Waals surface area contributed by atoms with Crippen LogP contribution in [0.2, 0.25) is 0 Å². The summed E-state index contributed by atoms with van der Waals surface area (Å²) < 4.78 is 3.82. The van der Waals surface area contributed by atoms with Gasteiger partial charge in [-0.15, -0.1) is 10.2 Å². The molecule has 1 aliphatic heterocycles. The Morgan fingerprint density at radius 2 is 2.08 bits per heavy atom. The van der Waals surface area contributed by atoms with E-state index in [1.807, 2.05) is 48.4 Å². The third-order valence-electron chi connectivity index (χ3n) is 4.79. The molecule has 25 heavy (non-hydrogen) atoms. The van der Waals surface area contributed by atoms with Crippen molar-refractivity contribution in [1.29, 1.82) is 0 Å². The standard InChI is InChI=1S/C17H21N7O/c1-22-11-7-18-15(22)12-23-9-5-13(6-10-23)16(25)19-17-21-20-14-4-2-3-8-24(14)17/h2-4,7-8,11,13H,5-6,9-10,12H2,1H3,(H,19,21,25). The average Bonchev–Trinajstić information content (AvgIpc) is 3.22. The quantitative estimate of drug-likeness (QED) is 0.775. The molecular weight excluding hydrogens is 318 g/mol. The van der Waals surface area contributed by atoms with Gasteiger partial charge < -0.3 is 4.57 Å². The molecule has 8 nitrogen and oxygen atoms in total. The van der Waals surface area contributed by atoms with Gasteiger partial charge in [0.15, 0.2) is 5.65 Å². The average molecular weight is 339 g/mol. The Morgan fingerprint density at radius 1 is 1.24 bits per heavy atom. The lowest BCUT2D eigenvalue weighted by Crippen LogP contribution is -2.38. The summed E-state index contributed by atoms with van der Waals surface area (Å²) in [6.45, 7) is 2.61. The zero-order chi connectivity index (χ0) is 17.2. The fraction of sp³-hybridized carbons (Fsp3) is 0.412. The molecule has 0 saturated carbocycles. The molecule has 1 amide bonds. The van der Waals surface area contributed by atoms with Crippen LogP contribution >= 0.6 is 0 Å². The van der Waals surface area contributed by atoms with E-state index in [4.69, 9.17) is 0 Å². The van der Waals surface area contributed by atoms with Crippen LogP contribution in [0.15, 0.2) is 36.8 Å². The van der Waals surface area contributed by atoms with Gasteiger partial charge in [0.2, 0.25) is 11.9 Å². The molecule has 0 aliphatic carbocycles. The molecule has 0 spiro atoms. The second-order valence-corrected chi connectivity index (χ2v) is 6.45. The molecule has 0 unspecified atom stereocenters. The van der Waals surface area contributed by atoms with Crippen molar-refractivity contribution in [3.63, 3.8) is 0 Å². The highest BCUT2D eigenvalue weighted by Gasteiger charge is 2.26. The first-order valence-electron chi connectivity index (χ1n) is 8.50. The summed E-state index contributed by atoms with van der Waals surface area (Å²) >= 11 is 0. The molecule has 1 aliphatic rings. The van der Waals surface area contributed by atoms with Gasteiger partial charge >= 0.3 is 0 Å². The molecule has 4 heterocycles. The van der Waals surface area contributed by atoms with Crippen LogP contribution in [0.3, 0.4) is 0 Å². The van der Waals surface area contributed by atoms with E-state index in [2.05, 4.69) is 25.4 Å². The molecule has 1 N–H and O–H groups in total. The smallest absolute Gasteiger partial charge is 0.235 e. The molecular formula is C17H21N7O. The minimum absolute atomic E-state index is 0.00804. The van der Waals surface area contributed by atoms with E-state index in [1.54, 1.807) is 4.40 Å². The zero-order valence-electron chi connectivity index (χ0n) is 14.2. The highest BCUT2D eigenvalue weighted by Crippen LogP contribution is 2.20. The maximum absolute atomic E-state index is 12.6. The van der Waals surface area contributed by atoms with E-state index in [1.165, 1.54) is 0 Å². The predicted molar refractivity (Wildman–Crippen MR) is 92.8 cm³/mol. The molecule has 3 aromatic rings. The van der Waals surface area contributed by atoms with Crippen molar-refractivity contribution in [2.24, 2.45) is 13.0 Å². The first kappa shape index (κ1) is 15.8. The fourth-order valence-electron chi connectivity index (χ4n) is 3.24. The lowest BCUT2D eigenvalue weighted by atomic mass is 9.96. The Labute approximate surface area is 145 Å². The number of aryl methyl sites for hydroxylation is 1. The zero-order valence-corrected chi connectivity index (χ0v) is 14.2. The summed E-state index contributed by atoms with van der Waals surface area (Å²) in [6, 6.07) is 5.65. The van der Waals surface area contributed by atoms with Gasteiger partial charge in [-0.2, -0.15) is 0 Å². The Hall–Kier alpha value is -2.74. The van der Waals surface area contributed by atoms with Crippen LogP contribution in [0.5, 0.6) is 0 Å². The minimum Gasteiger partial charge on any atom is -0.337 e. The third-order valence-corrected chi connectivity index (χ3v) is 4.79. The monoisotopic (exact) mass is 339 g/mol. The topological polar surface area (TPSA) is 80.3 Å².